The fraction of sp³-hybridized carbons (Fsp3) is 0.462. The van der Waals surface area contributed by atoms with Crippen LogP contribution in [0.2, 0.25) is 0 Å². The smallest absolute Gasteiger partial charge is 0.0802 e. The minimum Gasteiger partial charge on any atom is -0.308 e. The van der Waals surface area contributed by atoms with E-state index in [1.165, 1.54) is 11.1 Å². The second-order valence-corrected chi connectivity index (χ2v) is 4.34. The first-order valence-corrected chi connectivity index (χ1v) is 6.24. The lowest BCUT2D eigenvalue weighted by molar-refractivity contribution is 0.522. The molecule has 2 rings (SSSR count). The summed E-state index contributed by atoms with van der Waals surface area (Å²) in [5.41, 5.74) is 3.47. The number of hydrogen-bond acceptors (Lipinski definition) is 4. The Morgan fingerprint density at radius 2 is 2.22 bits per heavy atom. The molecule has 5 nitrogen and oxygen atoms in total. The highest BCUT2D eigenvalue weighted by Gasteiger charge is 2.18. The lowest BCUT2D eigenvalue weighted by atomic mass is 10.0. The van der Waals surface area contributed by atoms with E-state index in [4.69, 9.17) is 0 Å². The van der Waals surface area contributed by atoms with Gasteiger partial charge < -0.3 is 5.32 Å². The molecule has 0 aliphatic heterocycles. The van der Waals surface area contributed by atoms with Crippen LogP contribution in [0.5, 0.6) is 0 Å². The van der Waals surface area contributed by atoms with Crippen LogP contribution < -0.4 is 5.32 Å². The molecule has 0 amide bonds. The summed E-state index contributed by atoms with van der Waals surface area (Å²) in [4.78, 5) is 4.14. The Morgan fingerprint density at radius 3 is 2.89 bits per heavy atom. The van der Waals surface area contributed by atoms with E-state index in [-0.39, 0.29) is 6.04 Å². The van der Waals surface area contributed by atoms with Crippen molar-refractivity contribution in [2.75, 3.05) is 7.05 Å². The summed E-state index contributed by atoms with van der Waals surface area (Å²) in [6.45, 7) is 5.09. The van der Waals surface area contributed by atoms with Gasteiger partial charge >= 0.3 is 0 Å². The third-order valence-electron chi connectivity index (χ3n) is 3.04. The molecule has 1 atom stereocenters. The minimum absolute atomic E-state index is 0.106. The molecule has 0 saturated carbocycles. The van der Waals surface area contributed by atoms with Crippen LogP contribution in [0.4, 0.5) is 0 Å². The molecule has 1 unspecified atom stereocenters. The van der Waals surface area contributed by atoms with Gasteiger partial charge in [-0.1, -0.05) is 12.1 Å². The largest absolute Gasteiger partial charge is 0.308 e. The number of hydrogen-bond donors (Lipinski definition) is 1. The molecule has 18 heavy (non-hydrogen) atoms. The fourth-order valence-corrected chi connectivity index (χ4v) is 2.15. The SMILES string of the molecule is CCCn1nncc1C(NC)c1ccncc1C. The summed E-state index contributed by atoms with van der Waals surface area (Å²) < 4.78 is 1.96. The lowest BCUT2D eigenvalue weighted by Crippen LogP contribution is -2.22. The Balaban J connectivity index is 2.39. The highest BCUT2D eigenvalue weighted by molar-refractivity contribution is 5.31. The predicted octanol–water partition coefficient (Wildman–Crippen LogP) is 1.70. The Kier molecular flexibility index (Phi) is 4.04. The average molecular weight is 245 g/mol. The molecule has 0 saturated heterocycles. The molecule has 0 aromatic carbocycles. The van der Waals surface area contributed by atoms with Gasteiger partial charge in [0, 0.05) is 18.9 Å². The predicted molar refractivity (Wildman–Crippen MR) is 70.2 cm³/mol. The molecule has 0 aliphatic rings. The molecule has 96 valence electrons. The van der Waals surface area contributed by atoms with Crippen LogP contribution in [0.15, 0.2) is 24.7 Å². The first kappa shape index (κ1) is 12.7. The van der Waals surface area contributed by atoms with Crippen LogP contribution in [-0.4, -0.2) is 27.0 Å². The van der Waals surface area contributed by atoms with Crippen molar-refractivity contribution in [3.63, 3.8) is 0 Å². The molecular weight excluding hydrogens is 226 g/mol. The molecule has 5 heteroatoms. The van der Waals surface area contributed by atoms with E-state index in [0.717, 1.165) is 18.7 Å². The van der Waals surface area contributed by atoms with Crippen LogP contribution in [0.3, 0.4) is 0 Å². The molecule has 0 bridgehead atoms. The summed E-state index contributed by atoms with van der Waals surface area (Å²) >= 11 is 0. The van der Waals surface area contributed by atoms with Crippen molar-refractivity contribution in [3.05, 3.63) is 41.5 Å². The standard InChI is InChI=1S/C13H19N5/c1-4-7-18-12(9-16-17-18)13(14-3)11-5-6-15-8-10(11)2/h5-6,8-9,13-14H,4,7H2,1-3H3. The van der Waals surface area contributed by atoms with Gasteiger partial charge in [0.2, 0.25) is 0 Å². The molecule has 0 fully saturated rings. The van der Waals surface area contributed by atoms with E-state index >= 15 is 0 Å². The molecular formula is C13H19N5. The molecule has 2 aromatic rings. The summed E-state index contributed by atoms with van der Waals surface area (Å²) in [6, 6.07) is 2.15. The number of pyridine rings is 1. The number of aromatic nitrogens is 4. The van der Waals surface area contributed by atoms with Gasteiger partial charge in [-0.3, -0.25) is 4.98 Å². The third-order valence-corrected chi connectivity index (χ3v) is 3.04. The van der Waals surface area contributed by atoms with Crippen molar-refractivity contribution in [2.45, 2.75) is 32.9 Å². The van der Waals surface area contributed by atoms with Crippen LogP contribution in [0.25, 0.3) is 0 Å². The Morgan fingerprint density at radius 1 is 1.39 bits per heavy atom. The average Bonchev–Trinajstić information content (AvgIpc) is 2.82. The quantitative estimate of drug-likeness (QED) is 0.871. The fourth-order valence-electron chi connectivity index (χ4n) is 2.15. The maximum Gasteiger partial charge on any atom is 0.0802 e. The Labute approximate surface area is 107 Å². The normalized spacial score (nSPS) is 12.6. The van der Waals surface area contributed by atoms with Crippen molar-refractivity contribution < 1.29 is 0 Å². The van der Waals surface area contributed by atoms with Gasteiger partial charge in [0.15, 0.2) is 0 Å². The van der Waals surface area contributed by atoms with Crippen molar-refractivity contribution in [3.8, 4) is 0 Å². The van der Waals surface area contributed by atoms with E-state index in [0.29, 0.717) is 0 Å². The first-order valence-electron chi connectivity index (χ1n) is 6.24. The monoisotopic (exact) mass is 245 g/mol. The van der Waals surface area contributed by atoms with Crippen LogP contribution in [0.1, 0.15) is 36.2 Å². The molecule has 0 radical (unpaired) electrons. The summed E-state index contributed by atoms with van der Waals surface area (Å²) in [6.07, 6.45) is 6.58. The number of rotatable bonds is 5. The van der Waals surface area contributed by atoms with Crippen molar-refractivity contribution in [1.29, 1.82) is 0 Å². The summed E-state index contributed by atoms with van der Waals surface area (Å²) in [7, 11) is 1.95. The molecule has 2 heterocycles. The maximum absolute atomic E-state index is 4.14. The van der Waals surface area contributed by atoms with Crippen LogP contribution in [0, 0.1) is 6.92 Å². The van der Waals surface area contributed by atoms with Gasteiger partial charge in [-0.25, -0.2) is 4.68 Å². The zero-order valence-corrected chi connectivity index (χ0v) is 11.1. The highest BCUT2D eigenvalue weighted by Crippen LogP contribution is 2.23. The summed E-state index contributed by atoms with van der Waals surface area (Å²) in [5.74, 6) is 0. The van der Waals surface area contributed by atoms with Crippen molar-refractivity contribution in [1.82, 2.24) is 25.3 Å². The van der Waals surface area contributed by atoms with Gasteiger partial charge in [-0.15, -0.1) is 5.10 Å². The van der Waals surface area contributed by atoms with Gasteiger partial charge in [0.25, 0.3) is 0 Å². The third kappa shape index (κ3) is 2.41. The molecule has 0 spiro atoms. The Bertz CT molecular complexity index is 506. The second kappa shape index (κ2) is 5.73. The zero-order valence-electron chi connectivity index (χ0n) is 11.1. The lowest BCUT2D eigenvalue weighted by Gasteiger charge is -2.19. The number of nitrogens with zero attached hydrogens (tertiary/aromatic N) is 4. The molecule has 0 aliphatic carbocycles. The number of aryl methyl sites for hydroxylation is 2. The first-order chi connectivity index (χ1) is 8.77. The van der Waals surface area contributed by atoms with Crippen molar-refractivity contribution in [2.24, 2.45) is 0 Å². The topological polar surface area (TPSA) is 55.6 Å². The molecule has 1 N–H and O–H groups in total. The van der Waals surface area contributed by atoms with E-state index in [1.807, 2.05) is 36.4 Å². The number of nitrogens with one attached hydrogen (secondary N) is 1. The van der Waals surface area contributed by atoms with Gasteiger partial charge in [0.05, 0.1) is 17.9 Å². The van der Waals surface area contributed by atoms with E-state index in [2.05, 4.69) is 34.5 Å². The maximum atomic E-state index is 4.14. The van der Waals surface area contributed by atoms with Gasteiger partial charge in [-0.2, -0.15) is 0 Å². The van der Waals surface area contributed by atoms with Gasteiger partial charge in [-0.05, 0) is 37.6 Å². The summed E-state index contributed by atoms with van der Waals surface area (Å²) in [5, 5.41) is 11.5. The van der Waals surface area contributed by atoms with Gasteiger partial charge in [0.1, 0.15) is 0 Å². The van der Waals surface area contributed by atoms with E-state index in [1.54, 1.807) is 0 Å². The Hall–Kier alpha value is -1.75. The minimum atomic E-state index is 0.106. The van der Waals surface area contributed by atoms with Crippen LogP contribution >= 0.6 is 0 Å². The van der Waals surface area contributed by atoms with E-state index < -0.39 is 0 Å². The molecule has 2 aromatic heterocycles. The van der Waals surface area contributed by atoms with Crippen LogP contribution in [-0.2, 0) is 6.54 Å². The zero-order chi connectivity index (χ0) is 13.0. The van der Waals surface area contributed by atoms with E-state index in [9.17, 15) is 0 Å². The highest BCUT2D eigenvalue weighted by atomic mass is 15.4. The second-order valence-electron chi connectivity index (χ2n) is 4.34. The van der Waals surface area contributed by atoms with Crippen molar-refractivity contribution >= 4 is 0 Å².